The zero-order valence-corrected chi connectivity index (χ0v) is 13.1. The molecule has 2 aliphatic heterocycles. The molecular formula is C16H19NO4S. The highest BCUT2D eigenvalue weighted by molar-refractivity contribution is 8.00. The van der Waals surface area contributed by atoms with Crippen LogP contribution in [0.5, 0.6) is 0 Å². The van der Waals surface area contributed by atoms with Crippen LogP contribution in [-0.4, -0.2) is 58.7 Å². The van der Waals surface area contributed by atoms with Gasteiger partial charge in [-0.2, -0.15) is 11.8 Å². The summed E-state index contributed by atoms with van der Waals surface area (Å²) in [5.41, 5.74) is 0.604. The van der Waals surface area contributed by atoms with E-state index < -0.39 is 5.97 Å². The lowest BCUT2D eigenvalue weighted by atomic mass is 9.97. The molecule has 1 aromatic carbocycles. The number of carboxylic acid groups (broad SMARTS) is 1. The van der Waals surface area contributed by atoms with Crippen molar-refractivity contribution in [2.75, 3.05) is 32.1 Å². The number of amides is 1. The second-order valence-electron chi connectivity index (χ2n) is 5.76. The number of aromatic carboxylic acids is 1. The first kappa shape index (κ1) is 15.4. The molecule has 2 fully saturated rings. The Labute approximate surface area is 133 Å². The van der Waals surface area contributed by atoms with E-state index in [4.69, 9.17) is 9.84 Å². The van der Waals surface area contributed by atoms with E-state index in [9.17, 15) is 9.59 Å². The number of carbonyl (C=O) groups is 2. The topological polar surface area (TPSA) is 66.8 Å². The monoisotopic (exact) mass is 321 g/mol. The van der Waals surface area contributed by atoms with Crippen molar-refractivity contribution in [3.8, 4) is 0 Å². The Morgan fingerprint density at radius 3 is 2.68 bits per heavy atom. The number of thioether (sulfide) groups is 1. The molecule has 2 saturated heterocycles. The minimum Gasteiger partial charge on any atom is -0.478 e. The van der Waals surface area contributed by atoms with Gasteiger partial charge < -0.3 is 14.7 Å². The van der Waals surface area contributed by atoms with Crippen molar-refractivity contribution < 1.29 is 19.4 Å². The summed E-state index contributed by atoms with van der Waals surface area (Å²) in [7, 11) is 0. The van der Waals surface area contributed by atoms with Crippen molar-refractivity contribution in [3.05, 3.63) is 35.4 Å². The molecule has 2 aliphatic rings. The van der Waals surface area contributed by atoms with Gasteiger partial charge in [0, 0.05) is 42.4 Å². The maximum absolute atomic E-state index is 12.7. The number of carbonyl (C=O) groups excluding carboxylic acids is 1. The number of ether oxygens (including phenoxy) is 1. The Bertz CT molecular complexity index is 578. The molecule has 3 rings (SSSR count). The summed E-state index contributed by atoms with van der Waals surface area (Å²) in [5, 5.41) is 9.06. The number of rotatable bonds is 2. The molecule has 118 valence electrons. The van der Waals surface area contributed by atoms with Gasteiger partial charge in [0.15, 0.2) is 0 Å². The van der Waals surface area contributed by atoms with Crippen molar-refractivity contribution in [2.45, 2.75) is 17.6 Å². The van der Waals surface area contributed by atoms with Gasteiger partial charge in [0.2, 0.25) is 0 Å². The van der Waals surface area contributed by atoms with Crippen molar-refractivity contribution in [3.63, 3.8) is 0 Å². The highest BCUT2D eigenvalue weighted by Crippen LogP contribution is 2.39. The van der Waals surface area contributed by atoms with Gasteiger partial charge in [0.1, 0.15) is 0 Å². The molecule has 0 saturated carbocycles. The quantitative estimate of drug-likeness (QED) is 0.904. The summed E-state index contributed by atoms with van der Waals surface area (Å²) in [6.45, 7) is 2.94. The Balaban J connectivity index is 1.76. The molecule has 6 heteroatoms. The van der Waals surface area contributed by atoms with E-state index in [1.165, 1.54) is 12.1 Å². The summed E-state index contributed by atoms with van der Waals surface area (Å²) >= 11 is 1.94. The van der Waals surface area contributed by atoms with Crippen LogP contribution >= 0.6 is 11.8 Å². The molecule has 22 heavy (non-hydrogen) atoms. The molecule has 0 atom stereocenters. The fourth-order valence-electron chi connectivity index (χ4n) is 3.03. The van der Waals surface area contributed by atoms with Gasteiger partial charge in [0.05, 0.1) is 5.56 Å². The van der Waals surface area contributed by atoms with E-state index in [-0.39, 0.29) is 16.2 Å². The van der Waals surface area contributed by atoms with Gasteiger partial charge in [-0.3, -0.25) is 4.79 Å². The molecule has 0 radical (unpaired) electrons. The van der Waals surface area contributed by atoms with Crippen LogP contribution in [0.3, 0.4) is 0 Å². The predicted molar refractivity (Wildman–Crippen MR) is 84.5 cm³/mol. The van der Waals surface area contributed by atoms with Crippen LogP contribution in [0.2, 0.25) is 0 Å². The highest BCUT2D eigenvalue weighted by Gasteiger charge is 2.39. The van der Waals surface area contributed by atoms with E-state index in [2.05, 4.69) is 0 Å². The van der Waals surface area contributed by atoms with E-state index in [1.807, 2.05) is 16.7 Å². The zero-order valence-electron chi connectivity index (χ0n) is 12.3. The fourth-order valence-corrected chi connectivity index (χ4v) is 4.48. The smallest absolute Gasteiger partial charge is 0.335 e. The van der Waals surface area contributed by atoms with Crippen LogP contribution in [-0.2, 0) is 4.74 Å². The first-order valence-corrected chi connectivity index (χ1v) is 8.43. The largest absolute Gasteiger partial charge is 0.478 e. The summed E-state index contributed by atoms with van der Waals surface area (Å²) < 4.78 is 5.55. The predicted octanol–water partition coefficient (Wildman–Crippen LogP) is 2.12. The van der Waals surface area contributed by atoms with Crippen molar-refractivity contribution in [1.29, 1.82) is 0 Å². The van der Waals surface area contributed by atoms with Crippen molar-refractivity contribution >= 4 is 23.6 Å². The van der Waals surface area contributed by atoms with E-state index in [1.54, 1.807) is 12.1 Å². The van der Waals surface area contributed by atoms with Gasteiger partial charge in [-0.05, 0) is 31.0 Å². The number of hydrogen-bond acceptors (Lipinski definition) is 4. The van der Waals surface area contributed by atoms with Crippen LogP contribution < -0.4 is 0 Å². The van der Waals surface area contributed by atoms with E-state index in [0.717, 1.165) is 38.4 Å². The average molecular weight is 321 g/mol. The van der Waals surface area contributed by atoms with Crippen LogP contribution in [0.15, 0.2) is 24.3 Å². The third kappa shape index (κ3) is 3.13. The van der Waals surface area contributed by atoms with Gasteiger partial charge in [-0.25, -0.2) is 4.79 Å². The highest BCUT2D eigenvalue weighted by atomic mass is 32.2. The van der Waals surface area contributed by atoms with Crippen LogP contribution in [0, 0.1) is 0 Å². The first-order valence-electron chi connectivity index (χ1n) is 7.44. The molecule has 1 aromatic rings. The molecular weight excluding hydrogens is 302 g/mol. The fraction of sp³-hybridized carbons (Fsp3) is 0.500. The molecule has 1 amide bonds. The summed E-state index contributed by atoms with van der Waals surface area (Å²) in [6.07, 6.45) is 1.94. The first-order chi connectivity index (χ1) is 10.6. The second kappa shape index (κ2) is 6.30. The second-order valence-corrected chi connectivity index (χ2v) is 7.32. The number of benzene rings is 1. The standard InChI is InChI=1S/C16H19NO4S/c18-14(12-2-1-3-13(10-12)15(19)20)17-6-9-22-16(11-17)4-7-21-8-5-16/h1-3,10H,4-9,11H2,(H,19,20). The van der Waals surface area contributed by atoms with E-state index in [0.29, 0.717) is 12.1 Å². The lowest BCUT2D eigenvalue weighted by molar-refractivity contribution is 0.0536. The zero-order chi connectivity index (χ0) is 15.6. The van der Waals surface area contributed by atoms with E-state index >= 15 is 0 Å². The number of hydrogen-bond donors (Lipinski definition) is 1. The van der Waals surface area contributed by atoms with Crippen LogP contribution in [0.25, 0.3) is 0 Å². The third-order valence-electron chi connectivity index (χ3n) is 4.30. The summed E-state index contributed by atoms with van der Waals surface area (Å²) in [5.74, 6) is -0.163. The Kier molecular flexibility index (Phi) is 4.40. The molecule has 1 spiro atoms. The van der Waals surface area contributed by atoms with Crippen LogP contribution in [0.1, 0.15) is 33.6 Å². The van der Waals surface area contributed by atoms with Crippen molar-refractivity contribution in [1.82, 2.24) is 4.90 Å². The van der Waals surface area contributed by atoms with Gasteiger partial charge in [0.25, 0.3) is 5.91 Å². The Hall–Kier alpha value is -1.53. The van der Waals surface area contributed by atoms with Crippen molar-refractivity contribution in [2.24, 2.45) is 0 Å². The summed E-state index contributed by atoms with van der Waals surface area (Å²) in [6, 6.07) is 6.28. The molecule has 2 heterocycles. The lowest BCUT2D eigenvalue weighted by Gasteiger charge is -2.44. The Morgan fingerprint density at radius 2 is 1.95 bits per heavy atom. The maximum atomic E-state index is 12.7. The lowest BCUT2D eigenvalue weighted by Crippen LogP contribution is -2.51. The van der Waals surface area contributed by atoms with Gasteiger partial charge >= 0.3 is 5.97 Å². The summed E-state index contributed by atoms with van der Waals surface area (Å²) in [4.78, 5) is 25.6. The molecule has 5 nitrogen and oxygen atoms in total. The Morgan fingerprint density at radius 1 is 1.23 bits per heavy atom. The molecule has 0 unspecified atom stereocenters. The molecule has 0 aromatic heterocycles. The number of nitrogens with zero attached hydrogens (tertiary/aromatic N) is 1. The normalized spacial score (nSPS) is 20.8. The molecule has 0 bridgehead atoms. The third-order valence-corrected chi connectivity index (χ3v) is 5.83. The number of carboxylic acids is 1. The minimum absolute atomic E-state index is 0.0748. The van der Waals surface area contributed by atoms with Gasteiger partial charge in [-0.15, -0.1) is 0 Å². The van der Waals surface area contributed by atoms with Gasteiger partial charge in [-0.1, -0.05) is 6.07 Å². The van der Waals surface area contributed by atoms with Crippen LogP contribution in [0.4, 0.5) is 0 Å². The average Bonchev–Trinajstić information content (AvgIpc) is 2.55. The molecule has 0 aliphatic carbocycles. The molecule has 1 N–H and O–H groups in total. The maximum Gasteiger partial charge on any atom is 0.335 e. The minimum atomic E-state index is -1.01. The SMILES string of the molecule is O=C(O)c1cccc(C(=O)N2CCSC3(CCOCC3)C2)c1.